The SMILES string of the molecule is CCNC(=O)Nc1ccc(Oc2ccnc3cc(OC)c(C(=O)NC[C@H]4CCCO4)cc23)cc1Cl. The summed E-state index contributed by atoms with van der Waals surface area (Å²) >= 11 is 6.34. The number of carbonyl (C=O) groups is 2. The van der Waals surface area contributed by atoms with Crippen molar-refractivity contribution in [2.75, 3.05) is 32.1 Å². The number of nitrogens with one attached hydrogen (secondary N) is 3. The quantitative estimate of drug-likeness (QED) is 0.413. The lowest BCUT2D eigenvalue weighted by molar-refractivity contribution is 0.0855. The largest absolute Gasteiger partial charge is 0.496 e. The summed E-state index contributed by atoms with van der Waals surface area (Å²) in [5.74, 6) is 1.10. The number of methoxy groups -OCH3 is 1. The van der Waals surface area contributed by atoms with Crippen LogP contribution in [0, 0.1) is 0 Å². The molecule has 0 unspecified atom stereocenters. The maximum atomic E-state index is 12.9. The van der Waals surface area contributed by atoms with Crippen molar-refractivity contribution in [2.45, 2.75) is 25.9 Å². The molecule has 1 aliphatic heterocycles. The van der Waals surface area contributed by atoms with E-state index in [0.29, 0.717) is 57.5 Å². The summed E-state index contributed by atoms with van der Waals surface area (Å²) in [6.07, 6.45) is 3.57. The minimum atomic E-state index is -0.345. The van der Waals surface area contributed by atoms with Gasteiger partial charge in [0.2, 0.25) is 0 Å². The summed E-state index contributed by atoms with van der Waals surface area (Å²) in [5.41, 5.74) is 1.44. The smallest absolute Gasteiger partial charge is 0.319 e. The molecule has 1 aliphatic rings. The van der Waals surface area contributed by atoms with Crippen LogP contribution in [0.1, 0.15) is 30.1 Å². The number of benzene rings is 2. The van der Waals surface area contributed by atoms with Crippen LogP contribution >= 0.6 is 11.6 Å². The lowest BCUT2D eigenvalue weighted by Gasteiger charge is -2.15. The Hall–Kier alpha value is -3.56. The zero-order valence-electron chi connectivity index (χ0n) is 19.5. The summed E-state index contributed by atoms with van der Waals surface area (Å²) < 4.78 is 17.1. The van der Waals surface area contributed by atoms with E-state index in [2.05, 4.69) is 20.9 Å². The molecule has 1 aromatic heterocycles. The molecule has 3 amide bonds. The number of nitrogens with zero attached hydrogens (tertiary/aromatic N) is 1. The van der Waals surface area contributed by atoms with Crippen LogP contribution in [0.3, 0.4) is 0 Å². The molecule has 2 aromatic carbocycles. The molecule has 2 heterocycles. The molecule has 0 spiro atoms. The van der Waals surface area contributed by atoms with Gasteiger partial charge in [-0.15, -0.1) is 0 Å². The lowest BCUT2D eigenvalue weighted by atomic mass is 10.1. The molecule has 0 radical (unpaired) electrons. The Morgan fingerprint density at radius 1 is 1.17 bits per heavy atom. The van der Waals surface area contributed by atoms with Gasteiger partial charge in [-0.25, -0.2) is 4.79 Å². The highest BCUT2D eigenvalue weighted by atomic mass is 35.5. The first kappa shape index (κ1) is 24.6. The Balaban J connectivity index is 1.58. The molecule has 3 N–H and O–H groups in total. The van der Waals surface area contributed by atoms with E-state index in [0.717, 1.165) is 19.4 Å². The van der Waals surface area contributed by atoms with Crippen LogP contribution in [0.4, 0.5) is 10.5 Å². The van der Waals surface area contributed by atoms with Crippen molar-refractivity contribution in [3.05, 3.63) is 53.2 Å². The van der Waals surface area contributed by atoms with E-state index < -0.39 is 0 Å². The molecule has 4 rings (SSSR count). The average molecular weight is 499 g/mol. The molecule has 9 nitrogen and oxygen atoms in total. The number of pyridine rings is 1. The zero-order valence-corrected chi connectivity index (χ0v) is 20.3. The first-order valence-corrected chi connectivity index (χ1v) is 11.7. The normalized spacial score (nSPS) is 15.0. The van der Waals surface area contributed by atoms with Crippen molar-refractivity contribution in [3.8, 4) is 17.2 Å². The number of halogens is 1. The van der Waals surface area contributed by atoms with Crippen LogP contribution in [0.2, 0.25) is 5.02 Å². The summed E-state index contributed by atoms with van der Waals surface area (Å²) in [5, 5.41) is 9.21. The number of aromatic nitrogens is 1. The number of amides is 3. The van der Waals surface area contributed by atoms with Gasteiger partial charge in [-0.1, -0.05) is 11.6 Å². The molecule has 184 valence electrons. The highest BCUT2D eigenvalue weighted by Crippen LogP contribution is 2.35. The number of hydrogen-bond donors (Lipinski definition) is 3. The van der Waals surface area contributed by atoms with E-state index in [9.17, 15) is 9.59 Å². The number of carbonyl (C=O) groups excluding carboxylic acids is 2. The Labute approximate surface area is 208 Å². The van der Waals surface area contributed by atoms with E-state index in [4.69, 9.17) is 25.8 Å². The zero-order chi connectivity index (χ0) is 24.8. The number of hydrogen-bond acceptors (Lipinski definition) is 6. The Bertz CT molecular complexity index is 1230. The van der Waals surface area contributed by atoms with Gasteiger partial charge in [-0.05, 0) is 44.0 Å². The number of anilines is 1. The first-order valence-electron chi connectivity index (χ1n) is 11.4. The molecular weight excluding hydrogens is 472 g/mol. The van der Waals surface area contributed by atoms with Crippen molar-refractivity contribution in [2.24, 2.45) is 0 Å². The third-order valence-electron chi connectivity index (χ3n) is 5.54. The second kappa shape index (κ2) is 11.2. The fourth-order valence-corrected chi connectivity index (χ4v) is 4.02. The standard InChI is InChI=1S/C25H27ClN4O5/c1-3-27-25(32)30-20-7-6-15(11-19(20)26)35-22-8-9-28-21-13-23(33-2)18(12-17(21)22)24(31)29-14-16-5-4-10-34-16/h6-9,11-13,16H,3-5,10,14H2,1-2H3,(H,29,31)(H2,27,30,32)/t16-/m1/s1. The number of fused-ring (bicyclic) bond motifs is 1. The van der Waals surface area contributed by atoms with Crippen molar-refractivity contribution in [1.29, 1.82) is 0 Å². The minimum Gasteiger partial charge on any atom is -0.496 e. The predicted octanol–water partition coefficient (Wildman–Crippen LogP) is 4.74. The van der Waals surface area contributed by atoms with Crippen LogP contribution in [0.5, 0.6) is 17.2 Å². The van der Waals surface area contributed by atoms with Gasteiger partial charge in [0.05, 0.1) is 35.0 Å². The maximum Gasteiger partial charge on any atom is 0.319 e. The molecule has 10 heteroatoms. The molecule has 1 saturated heterocycles. The molecule has 35 heavy (non-hydrogen) atoms. The molecule has 0 saturated carbocycles. The van der Waals surface area contributed by atoms with Crippen LogP contribution < -0.4 is 25.4 Å². The second-order valence-corrected chi connectivity index (χ2v) is 8.36. The highest BCUT2D eigenvalue weighted by Gasteiger charge is 2.20. The van der Waals surface area contributed by atoms with Crippen molar-refractivity contribution < 1.29 is 23.8 Å². The molecule has 3 aromatic rings. The maximum absolute atomic E-state index is 12.9. The summed E-state index contributed by atoms with van der Waals surface area (Å²) in [7, 11) is 1.51. The van der Waals surface area contributed by atoms with Gasteiger partial charge in [-0.3, -0.25) is 9.78 Å². The molecular formula is C25H27ClN4O5. The first-order chi connectivity index (χ1) is 17.0. The van der Waals surface area contributed by atoms with Gasteiger partial charge < -0.3 is 30.2 Å². The third kappa shape index (κ3) is 5.93. The summed E-state index contributed by atoms with van der Waals surface area (Å²) in [6, 6.07) is 9.72. The van der Waals surface area contributed by atoms with Crippen LogP contribution in [-0.2, 0) is 4.74 Å². The van der Waals surface area contributed by atoms with Crippen LogP contribution in [0.15, 0.2) is 42.6 Å². The number of urea groups is 1. The van der Waals surface area contributed by atoms with Gasteiger partial charge in [-0.2, -0.15) is 0 Å². The van der Waals surface area contributed by atoms with Gasteiger partial charge in [0.25, 0.3) is 5.91 Å². The van der Waals surface area contributed by atoms with Crippen LogP contribution in [-0.4, -0.2) is 49.8 Å². The molecule has 1 fully saturated rings. The second-order valence-electron chi connectivity index (χ2n) is 7.95. The van der Waals surface area contributed by atoms with Gasteiger partial charge in [0, 0.05) is 43.4 Å². The molecule has 0 bridgehead atoms. The fraction of sp³-hybridized carbons (Fsp3) is 0.320. The Kier molecular flexibility index (Phi) is 7.89. The topological polar surface area (TPSA) is 111 Å². The third-order valence-corrected chi connectivity index (χ3v) is 5.85. The summed E-state index contributed by atoms with van der Waals surface area (Å²) in [6.45, 7) is 3.48. The number of rotatable bonds is 8. The summed E-state index contributed by atoms with van der Waals surface area (Å²) in [4.78, 5) is 29.1. The Morgan fingerprint density at radius 2 is 2.03 bits per heavy atom. The van der Waals surface area contributed by atoms with Crippen molar-refractivity contribution in [3.63, 3.8) is 0 Å². The fourth-order valence-electron chi connectivity index (χ4n) is 3.81. The van der Waals surface area contributed by atoms with Crippen LogP contribution in [0.25, 0.3) is 10.9 Å². The average Bonchev–Trinajstić information content (AvgIpc) is 3.37. The van der Waals surface area contributed by atoms with Crippen molar-refractivity contribution in [1.82, 2.24) is 15.6 Å². The van der Waals surface area contributed by atoms with E-state index in [1.807, 2.05) is 6.92 Å². The molecule has 1 atom stereocenters. The van der Waals surface area contributed by atoms with Gasteiger partial charge in [0.1, 0.15) is 17.2 Å². The van der Waals surface area contributed by atoms with Crippen molar-refractivity contribution >= 4 is 40.1 Å². The van der Waals surface area contributed by atoms with Gasteiger partial charge in [0.15, 0.2) is 0 Å². The van der Waals surface area contributed by atoms with E-state index >= 15 is 0 Å². The number of ether oxygens (including phenoxy) is 3. The molecule has 0 aliphatic carbocycles. The van der Waals surface area contributed by atoms with E-state index in [1.165, 1.54) is 7.11 Å². The predicted molar refractivity (Wildman–Crippen MR) is 134 cm³/mol. The van der Waals surface area contributed by atoms with E-state index in [1.54, 1.807) is 42.6 Å². The van der Waals surface area contributed by atoms with E-state index in [-0.39, 0.29) is 18.0 Å². The lowest BCUT2D eigenvalue weighted by Crippen LogP contribution is -2.32. The minimum absolute atomic E-state index is 0.0289. The highest BCUT2D eigenvalue weighted by molar-refractivity contribution is 6.33. The monoisotopic (exact) mass is 498 g/mol. The van der Waals surface area contributed by atoms with Gasteiger partial charge >= 0.3 is 6.03 Å². The Morgan fingerprint density at radius 3 is 2.74 bits per heavy atom.